The van der Waals surface area contributed by atoms with Crippen molar-refractivity contribution in [3.8, 4) is 0 Å². The lowest BCUT2D eigenvalue weighted by Crippen LogP contribution is -2.27. The number of amides is 1. The molecule has 0 bridgehead atoms. The van der Waals surface area contributed by atoms with Crippen molar-refractivity contribution in [2.24, 2.45) is 0 Å². The molecule has 0 heterocycles. The van der Waals surface area contributed by atoms with Crippen LogP contribution >= 0.6 is 27.5 Å². The second kappa shape index (κ2) is 5.35. The van der Waals surface area contributed by atoms with Crippen molar-refractivity contribution in [3.05, 3.63) is 57.5 Å². The first-order chi connectivity index (χ1) is 10.0. The van der Waals surface area contributed by atoms with Gasteiger partial charge >= 0.3 is 0 Å². The van der Waals surface area contributed by atoms with Crippen molar-refractivity contribution in [2.45, 2.75) is 18.3 Å². The molecule has 1 aliphatic carbocycles. The van der Waals surface area contributed by atoms with E-state index in [1.54, 1.807) is 6.07 Å². The summed E-state index contributed by atoms with van der Waals surface area (Å²) in [5.41, 5.74) is 7.70. The summed E-state index contributed by atoms with van der Waals surface area (Å²) in [6.45, 7) is 0. The van der Waals surface area contributed by atoms with Gasteiger partial charge in [0.25, 0.3) is 0 Å². The van der Waals surface area contributed by atoms with Crippen molar-refractivity contribution in [1.82, 2.24) is 0 Å². The molecule has 5 heteroatoms. The van der Waals surface area contributed by atoms with Crippen LogP contribution in [0, 0.1) is 0 Å². The molecular weight excluding hydrogens is 352 g/mol. The van der Waals surface area contributed by atoms with E-state index < -0.39 is 5.41 Å². The van der Waals surface area contributed by atoms with Crippen molar-refractivity contribution in [1.29, 1.82) is 0 Å². The van der Waals surface area contributed by atoms with Gasteiger partial charge in [0.2, 0.25) is 5.91 Å². The normalized spacial score (nSPS) is 15.5. The molecule has 21 heavy (non-hydrogen) atoms. The summed E-state index contributed by atoms with van der Waals surface area (Å²) >= 11 is 9.38. The van der Waals surface area contributed by atoms with Crippen LogP contribution in [-0.4, -0.2) is 5.91 Å². The summed E-state index contributed by atoms with van der Waals surface area (Å²) in [4.78, 5) is 12.6. The van der Waals surface area contributed by atoms with Gasteiger partial charge in [-0.2, -0.15) is 0 Å². The van der Waals surface area contributed by atoms with E-state index in [2.05, 4.69) is 21.2 Å². The van der Waals surface area contributed by atoms with Crippen molar-refractivity contribution >= 4 is 44.8 Å². The number of anilines is 2. The molecule has 0 radical (unpaired) electrons. The van der Waals surface area contributed by atoms with Gasteiger partial charge in [0.1, 0.15) is 0 Å². The Labute approximate surface area is 136 Å². The van der Waals surface area contributed by atoms with Gasteiger partial charge in [0, 0.05) is 15.8 Å². The molecule has 1 saturated carbocycles. The Kier molecular flexibility index (Phi) is 3.68. The Morgan fingerprint density at radius 3 is 2.43 bits per heavy atom. The summed E-state index contributed by atoms with van der Waals surface area (Å²) in [5, 5.41) is 3.52. The number of rotatable bonds is 3. The highest BCUT2D eigenvalue weighted by atomic mass is 79.9. The molecule has 0 aromatic heterocycles. The van der Waals surface area contributed by atoms with Gasteiger partial charge in [-0.3, -0.25) is 4.79 Å². The number of nitrogens with one attached hydrogen (secondary N) is 1. The third kappa shape index (κ3) is 2.78. The highest BCUT2D eigenvalue weighted by Crippen LogP contribution is 2.49. The predicted molar refractivity (Wildman–Crippen MR) is 89.5 cm³/mol. The Hall–Kier alpha value is -1.52. The van der Waals surface area contributed by atoms with Gasteiger partial charge in [-0.05, 0) is 64.7 Å². The Morgan fingerprint density at radius 1 is 1.19 bits per heavy atom. The van der Waals surface area contributed by atoms with Gasteiger partial charge in [-0.1, -0.05) is 23.7 Å². The minimum absolute atomic E-state index is 0.00524. The minimum Gasteiger partial charge on any atom is -0.399 e. The predicted octanol–water partition coefficient (Wildman–Crippen LogP) is 4.36. The zero-order valence-corrected chi connectivity index (χ0v) is 13.5. The Balaban J connectivity index is 1.81. The second-order valence-corrected chi connectivity index (χ2v) is 6.55. The molecule has 0 unspecified atom stereocenters. The first-order valence-electron chi connectivity index (χ1n) is 6.64. The van der Waals surface area contributed by atoms with E-state index in [0.29, 0.717) is 16.4 Å². The van der Waals surface area contributed by atoms with Crippen LogP contribution in [0.15, 0.2) is 46.9 Å². The SMILES string of the molecule is Nc1ccc(C2(C(=O)Nc3ccc(Br)c(Cl)c3)CC2)cc1. The smallest absolute Gasteiger partial charge is 0.235 e. The Morgan fingerprint density at radius 2 is 1.86 bits per heavy atom. The van der Waals surface area contributed by atoms with Gasteiger partial charge in [0.15, 0.2) is 0 Å². The molecule has 2 aromatic rings. The van der Waals surface area contributed by atoms with Crippen molar-refractivity contribution in [2.75, 3.05) is 11.1 Å². The molecule has 3 rings (SSSR count). The quantitative estimate of drug-likeness (QED) is 0.794. The largest absolute Gasteiger partial charge is 0.399 e. The van der Waals surface area contributed by atoms with E-state index in [1.807, 2.05) is 36.4 Å². The zero-order valence-electron chi connectivity index (χ0n) is 11.2. The van der Waals surface area contributed by atoms with Crippen LogP contribution in [-0.2, 0) is 10.2 Å². The minimum atomic E-state index is -0.423. The molecule has 3 nitrogen and oxygen atoms in total. The number of halogens is 2. The lowest BCUT2D eigenvalue weighted by atomic mass is 9.94. The fraction of sp³-hybridized carbons (Fsp3) is 0.188. The summed E-state index contributed by atoms with van der Waals surface area (Å²) in [6.07, 6.45) is 1.71. The number of hydrogen-bond acceptors (Lipinski definition) is 2. The fourth-order valence-electron chi connectivity index (χ4n) is 2.40. The highest BCUT2D eigenvalue weighted by molar-refractivity contribution is 9.10. The van der Waals surface area contributed by atoms with Crippen LogP contribution in [0.2, 0.25) is 5.02 Å². The van der Waals surface area contributed by atoms with E-state index in [4.69, 9.17) is 17.3 Å². The van der Waals surface area contributed by atoms with E-state index in [1.165, 1.54) is 0 Å². The molecule has 0 atom stereocenters. The number of benzene rings is 2. The topological polar surface area (TPSA) is 55.1 Å². The lowest BCUT2D eigenvalue weighted by molar-refractivity contribution is -0.118. The van der Waals surface area contributed by atoms with Gasteiger partial charge < -0.3 is 11.1 Å². The molecule has 0 spiro atoms. The number of carbonyl (C=O) groups excluding carboxylic acids is 1. The average Bonchev–Trinajstić information content (AvgIpc) is 3.25. The number of carbonyl (C=O) groups is 1. The number of nitrogen functional groups attached to an aromatic ring is 1. The van der Waals surface area contributed by atoms with Crippen LogP contribution in [0.5, 0.6) is 0 Å². The second-order valence-electron chi connectivity index (χ2n) is 5.29. The first-order valence-corrected chi connectivity index (χ1v) is 7.81. The van der Waals surface area contributed by atoms with Crippen LogP contribution in [0.1, 0.15) is 18.4 Å². The molecule has 3 N–H and O–H groups in total. The highest BCUT2D eigenvalue weighted by Gasteiger charge is 2.51. The maximum absolute atomic E-state index is 12.6. The molecular formula is C16H14BrClN2O. The summed E-state index contributed by atoms with van der Waals surface area (Å²) < 4.78 is 0.807. The van der Waals surface area contributed by atoms with Crippen molar-refractivity contribution < 1.29 is 4.79 Å². The molecule has 1 aliphatic rings. The molecule has 1 fully saturated rings. The standard InChI is InChI=1S/C16H14BrClN2O/c17-13-6-5-12(9-14(13)18)20-15(21)16(7-8-16)10-1-3-11(19)4-2-10/h1-6,9H,7-8,19H2,(H,20,21). The van der Waals surface area contributed by atoms with E-state index >= 15 is 0 Å². The summed E-state index contributed by atoms with van der Waals surface area (Å²) in [7, 11) is 0. The molecule has 0 aliphatic heterocycles. The van der Waals surface area contributed by atoms with Crippen LogP contribution in [0.4, 0.5) is 11.4 Å². The van der Waals surface area contributed by atoms with Crippen LogP contribution < -0.4 is 11.1 Å². The van der Waals surface area contributed by atoms with Gasteiger partial charge in [0.05, 0.1) is 10.4 Å². The third-order valence-corrected chi connectivity index (χ3v) is 5.06. The first kappa shape index (κ1) is 14.4. The van der Waals surface area contributed by atoms with Gasteiger partial charge in [-0.25, -0.2) is 0 Å². The zero-order chi connectivity index (χ0) is 15.0. The van der Waals surface area contributed by atoms with Crippen LogP contribution in [0.3, 0.4) is 0 Å². The third-order valence-electron chi connectivity index (χ3n) is 3.83. The number of hydrogen-bond donors (Lipinski definition) is 2. The van der Waals surface area contributed by atoms with E-state index in [-0.39, 0.29) is 5.91 Å². The summed E-state index contributed by atoms with van der Waals surface area (Å²) in [6, 6.07) is 12.9. The maximum Gasteiger partial charge on any atom is 0.235 e. The van der Waals surface area contributed by atoms with E-state index in [0.717, 1.165) is 22.9 Å². The lowest BCUT2D eigenvalue weighted by Gasteiger charge is -2.16. The fourth-order valence-corrected chi connectivity index (χ4v) is 2.83. The van der Waals surface area contributed by atoms with Crippen molar-refractivity contribution in [3.63, 3.8) is 0 Å². The molecule has 2 aromatic carbocycles. The average molecular weight is 366 g/mol. The summed E-state index contributed by atoms with van der Waals surface area (Å²) in [5.74, 6) is 0.00524. The molecule has 1 amide bonds. The molecule has 108 valence electrons. The number of nitrogens with two attached hydrogens (primary N) is 1. The monoisotopic (exact) mass is 364 g/mol. The molecule has 0 saturated heterocycles. The van der Waals surface area contributed by atoms with Crippen LogP contribution in [0.25, 0.3) is 0 Å². The van der Waals surface area contributed by atoms with E-state index in [9.17, 15) is 4.79 Å². The Bertz CT molecular complexity index is 696. The van der Waals surface area contributed by atoms with Gasteiger partial charge in [-0.15, -0.1) is 0 Å². The maximum atomic E-state index is 12.6.